The molecule has 1 aliphatic carbocycles. The zero-order valence-electron chi connectivity index (χ0n) is 8.89. The molecule has 0 saturated heterocycles. The molecule has 1 aliphatic rings. The summed E-state index contributed by atoms with van der Waals surface area (Å²) in [4.78, 5) is 11.5. The van der Waals surface area contributed by atoms with E-state index in [1.54, 1.807) is 0 Å². The first-order valence-corrected chi connectivity index (χ1v) is 5.45. The van der Waals surface area contributed by atoms with E-state index < -0.39 is 0 Å². The van der Waals surface area contributed by atoms with Crippen molar-refractivity contribution in [3.8, 4) is 0 Å². The Morgan fingerprint density at radius 2 is 2.44 bits per heavy atom. The van der Waals surface area contributed by atoms with Crippen molar-refractivity contribution in [2.24, 2.45) is 5.92 Å². The van der Waals surface area contributed by atoms with Gasteiger partial charge in [0.1, 0.15) is 0 Å². The van der Waals surface area contributed by atoms with Gasteiger partial charge in [0.2, 0.25) is 0 Å². The molecule has 1 aromatic rings. The molecule has 0 aliphatic heterocycles. The molecular weight excluding hydrogens is 210 g/mol. The molecule has 1 aromatic heterocycles. The Labute approximate surface area is 92.6 Å². The summed E-state index contributed by atoms with van der Waals surface area (Å²) in [6, 6.07) is 0. The van der Waals surface area contributed by atoms with Crippen LogP contribution in [0, 0.1) is 5.92 Å². The number of aromatic amines is 1. The van der Waals surface area contributed by atoms with E-state index in [9.17, 15) is 9.90 Å². The van der Waals surface area contributed by atoms with Crippen LogP contribution in [0.25, 0.3) is 0 Å². The highest BCUT2D eigenvalue weighted by Crippen LogP contribution is 2.23. The summed E-state index contributed by atoms with van der Waals surface area (Å²) >= 11 is 0. The highest BCUT2D eigenvalue weighted by Gasteiger charge is 2.21. The molecule has 2 rings (SSSR count). The van der Waals surface area contributed by atoms with E-state index in [1.807, 2.05) is 0 Å². The molecule has 2 atom stereocenters. The van der Waals surface area contributed by atoms with Crippen LogP contribution in [0.1, 0.15) is 36.3 Å². The number of carbonyl (C=O) groups is 1. The fourth-order valence-corrected chi connectivity index (χ4v) is 2.02. The summed E-state index contributed by atoms with van der Waals surface area (Å²) in [5.74, 6) is 0.0739. The Balaban J connectivity index is 1.77. The molecule has 0 aromatic carbocycles. The Morgan fingerprint density at radius 1 is 1.56 bits per heavy atom. The molecule has 7 nitrogen and oxygen atoms in total. The minimum Gasteiger partial charge on any atom is -0.393 e. The van der Waals surface area contributed by atoms with Gasteiger partial charge in [-0.15, -0.1) is 10.2 Å². The molecule has 0 bridgehead atoms. The second kappa shape index (κ2) is 5.02. The molecule has 1 saturated carbocycles. The Morgan fingerprint density at radius 3 is 3.12 bits per heavy atom. The van der Waals surface area contributed by atoms with Crippen LogP contribution in [-0.2, 0) is 0 Å². The van der Waals surface area contributed by atoms with E-state index in [2.05, 4.69) is 25.9 Å². The first-order chi connectivity index (χ1) is 7.75. The summed E-state index contributed by atoms with van der Waals surface area (Å²) < 4.78 is 0. The van der Waals surface area contributed by atoms with Crippen LogP contribution >= 0.6 is 0 Å². The van der Waals surface area contributed by atoms with Gasteiger partial charge < -0.3 is 10.4 Å². The van der Waals surface area contributed by atoms with Crippen molar-refractivity contribution in [3.63, 3.8) is 0 Å². The van der Waals surface area contributed by atoms with Gasteiger partial charge in [0, 0.05) is 6.54 Å². The Kier molecular flexibility index (Phi) is 3.45. The lowest BCUT2D eigenvalue weighted by molar-refractivity contribution is 0.0866. The van der Waals surface area contributed by atoms with Crippen molar-refractivity contribution < 1.29 is 9.90 Å². The normalized spacial score (nSPS) is 25.3. The van der Waals surface area contributed by atoms with Crippen molar-refractivity contribution in [3.05, 3.63) is 5.82 Å². The predicted octanol–water partition coefficient (Wildman–Crippen LogP) is -0.519. The maximum atomic E-state index is 11.5. The lowest BCUT2D eigenvalue weighted by Gasteiger charge is -2.25. The van der Waals surface area contributed by atoms with Crippen LogP contribution in [-0.4, -0.2) is 44.3 Å². The number of aliphatic hydroxyl groups excluding tert-OH is 1. The van der Waals surface area contributed by atoms with Crippen molar-refractivity contribution >= 4 is 5.91 Å². The average Bonchev–Trinajstić information content (AvgIpc) is 2.79. The highest BCUT2D eigenvalue weighted by atomic mass is 16.3. The second-order valence-corrected chi connectivity index (χ2v) is 4.13. The molecule has 3 N–H and O–H groups in total. The molecule has 2 unspecified atom stereocenters. The van der Waals surface area contributed by atoms with Gasteiger partial charge >= 0.3 is 0 Å². The van der Waals surface area contributed by atoms with E-state index in [0.717, 1.165) is 25.7 Å². The fourth-order valence-electron chi connectivity index (χ4n) is 2.02. The van der Waals surface area contributed by atoms with Gasteiger partial charge in [-0.1, -0.05) is 6.42 Å². The smallest absolute Gasteiger partial charge is 0.292 e. The highest BCUT2D eigenvalue weighted by molar-refractivity contribution is 5.89. The largest absolute Gasteiger partial charge is 0.393 e. The second-order valence-electron chi connectivity index (χ2n) is 4.13. The number of amides is 1. The number of H-pyrrole nitrogens is 1. The summed E-state index contributed by atoms with van der Waals surface area (Å²) in [6.45, 7) is 0.560. The first kappa shape index (κ1) is 11.0. The van der Waals surface area contributed by atoms with Gasteiger partial charge in [-0.2, -0.15) is 5.21 Å². The SMILES string of the molecule is O=C(NCC1CCCC(O)C1)c1nn[nH]n1. The Bertz CT molecular complexity index is 340. The average molecular weight is 225 g/mol. The minimum absolute atomic E-state index is 0.0522. The quantitative estimate of drug-likeness (QED) is 0.642. The maximum absolute atomic E-state index is 11.5. The van der Waals surface area contributed by atoms with E-state index in [0.29, 0.717) is 12.5 Å². The number of hydrogen-bond acceptors (Lipinski definition) is 5. The molecule has 0 radical (unpaired) electrons. The van der Waals surface area contributed by atoms with Gasteiger partial charge in [0.05, 0.1) is 6.10 Å². The number of nitrogens with one attached hydrogen (secondary N) is 2. The van der Waals surface area contributed by atoms with E-state index in [1.165, 1.54) is 0 Å². The molecule has 1 heterocycles. The van der Waals surface area contributed by atoms with Crippen molar-refractivity contribution in [2.45, 2.75) is 31.8 Å². The zero-order chi connectivity index (χ0) is 11.4. The number of aliphatic hydroxyl groups is 1. The molecular formula is C9H15N5O2. The predicted molar refractivity (Wildman–Crippen MR) is 54.5 cm³/mol. The van der Waals surface area contributed by atoms with Crippen LogP contribution in [0.2, 0.25) is 0 Å². The molecule has 0 spiro atoms. The zero-order valence-corrected chi connectivity index (χ0v) is 8.89. The monoisotopic (exact) mass is 225 g/mol. The third kappa shape index (κ3) is 2.75. The first-order valence-electron chi connectivity index (χ1n) is 5.45. The fraction of sp³-hybridized carbons (Fsp3) is 0.778. The van der Waals surface area contributed by atoms with Gasteiger partial charge in [0.25, 0.3) is 11.7 Å². The van der Waals surface area contributed by atoms with Gasteiger partial charge in [-0.05, 0) is 30.4 Å². The third-order valence-corrected chi connectivity index (χ3v) is 2.85. The number of rotatable bonds is 3. The molecule has 1 fully saturated rings. The summed E-state index contributed by atoms with van der Waals surface area (Å²) in [7, 11) is 0. The molecule has 16 heavy (non-hydrogen) atoms. The van der Waals surface area contributed by atoms with Crippen molar-refractivity contribution in [1.82, 2.24) is 25.9 Å². The minimum atomic E-state index is -0.325. The number of carbonyl (C=O) groups excluding carboxylic acids is 1. The number of hydrogen-bond donors (Lipinski definition) is 3. The van der Waals surface area contributed by atoms with Gasteiger partial charge in [-0.25, -0.2) is 0 Å². The van der Waals surface area contributed by atoms with E-state index >= 15 is 0 Å². The third-order valence-electron chi connectivity index (χ3n) is 2.85. The van der Waals surface area contributed by atoms with Crippen LogP contribution in [0.5, 0.6) is 0 Å². The van der Waals surface area contributed by atoms with Crippen LogP contribution in [0.4, 0.5) is 0 Å². The van der Waals surface area contributed by atoms with Crippen molar-refractivity contribution in [2.75, 3.05) is 6.54 Å². The van der Waals surface area contributed by atoms with Crippen molar-refractivity contribution in [1.29, 1.82) is 0 Å². The Hall–Kier alpha value is -1.50. The summed E-state index contributed by atoms with van der Waals surface area (Å²) in [6.07, 6.45) is 3.47. The lowest BCUT2D eigenvalue weighted by Crippen LogP contribution is -2.33. The van der Waals surface area contributed by atoms with E-state index in [4.69, 9.17) is 0 Å². The summed E-state index contributed by atoms with van der Waals surface area (Å²) in [5.41, 5.74) is 0. The van der Waals surface area contributed by atoms with Gasteiger partial charge in [-0.3, -0.25) is 4.79 Å². The lowest BCUT2D eigenvalue weighted by atomic mass is 9.87. The summed E-state index contributed by atoms with van der Waals surface area (Å²) in [5, 5.41) is 24.9. The molecule has 1 amide bonds. The topological polar surface area (TPSA) is 104 Å². The standard InChI is InChI=1S/C9H15N5O2/c15-7-3-1-2-6(4-7)5-10-9(16)8-11-13-14-12-8/h6-7,15H,1-5H2,(H,10,16)(H,11,12,13,14). The maximum Gasteiger partial charge on any atom is 0.292 e. The van der Waals surface area contributed by atoms with E-state index in [-0.39, 0.29) is 17.8 Å². The van der Waals surface area contributed by atoms with Gasteiger partial charge in [0.15, 0.2) is 0 Å². The molecule has 7 heteroatoms. The van der Waals surface area contributed by atoms with Crippen LogP contribution < -0.4 is 5.32 Å². The number of nitrogens with zero attached hydrogens (tertiary/aromatic N) is 3. The van der Waals surface area contributed by atoms with Crippen LogP contribution in [0.3, 0.4) is 0 Å². The molecule has 88 valence electrons. The number of tetrazole rings is 1. The van der Waals surface area contributed by atoms with Crippen LogP contribution in [0.15, 0.2) is 0 Å². The number of aromatic nitrogens is 4.